The Kier molecular flexibility index (Phi) is 4.81. The molecule has 3 aromatic rings. The molecule has 0 aliphatic heterocycles. The van der Waals surface area contributed by atoms with E-state index in [0.29, 0.717) is 6.54 Å². The number of rotatable bonds is 5. The second-order valence-electron chi connectivity index (χ2n) is 5.45. The number of aromatic nitrogens is 3. The van der Waals surface area contributed by atoms with Gasteiger partial charge in [-0.05, 0) is 23.3 Å². The molecule has 0 spiro atoms. The predicted octanol–water partition coefficient (Wildman–Crippen LogP) is 2.81. The summed E-state index contributed by atoms with van der Waals surface area (Å²) >= 11 is 0. The van der Waals surface area contributed by atoms with Crippen LogP contribution in [0, 0.1) is 0 Å². The summed E-state index contributed by atoms with van der Waals surface area (Å²) in [4.78, 5) is 16.2. The van der Waals surface area contributed by atoms with Crippen LogP contribution in [0.5, 0.6) is 0 Å². The SMILES string of the molecule is Cn1cc(-c2cncc(CNC(=O)C=Cc3ccccc3)c2)cn1. The monoisotopic (exact) mass is 318 g/mol. The summed E-state index contributed by atoms with van der Waals surface area (Å²) in [6.07, 6.45) is 10.6. The van der Waals surface area contributed by atoms with Crippen molar-refractivity contribution in [3.8, 4) is 11.1 Å². The minimum absolute atomic E-state index is 0.134. The van der Waals surface area contributed by atoms with E-state index < -0.39 is 0 Å². The maximum atomic E-state index is 11.9. The smallest absolute Gasteiger partial charge is 0.244 e. The molecular formula is C19H18N4O. The van der Waals surface area contributed by atoms with Gasteiger partial charge in [0.05, 0.1) is 6.20 Å². The third-order valence-electron chi connectivity index (χ3n) is 3.53. The molecule has 2 heterocycles. The summed E-state index contributed by atoms with van der Waals surface area (Å²) in [5, 5.41) is 7.03. The number of aryl methyl sites for hydroxylation is 1. The van der Waals surface area contributed by atoms with Crippen LogP contribution in [0.4, 0.5) is 0 Å². The molecule has 0 bridgehead atoms. The Morgan fingerprint density at radius 1 is 1.17 bits per heavy atom. The van der Waals surface area contributed by atoms with Gasteiger partial charge in [0.25, 0.3) is 0 Å². The maximum absolute atomic E-state index is 11.9. The fourth-order valence-electron chi connectivity index (χ4n) is 2.30. The lowest BCUT2D eigenvalue weighted by Crippen LogP contribution is -2.20. The van der Waals surface area contributed by atoms with Gasteiger partial charge in [-0.2, -0.15) is 5.10 Å². The van der Waals surface area contributed by atoms with Crippen LogP contribution >= 0.6 is 0 Å². The van der Waals surface area contributed by atoms with E-state index in [4.69, 9.17) is 0 Å². The Bertz CT molecular complexity index is 853. The van der Waals surface area contributed by atoms with E-state index in [2.05, 4.69) is 15.4 Å². The van der Waals surface area contributed by atoms with Gasteiger partial charge in [0.15, 0.2) is 0 Å². The zero-order valence-electron chi connectivity index (χ0n) is 13.4. The first-order chi connectivity index (χ1) is 11.7. The van der Waals surface area contributed by atoms with E-state index in [1.807, 2.05) is 49.6 Å². The highest BCUT2D eigenvalue weighted by Crippen LogP contribution is 2.18. The number of carbonyl (C=O) groups is 1. The third-order valence-corrected chi connectivity index (χ3v) is 3.53. The fraction of sp³-hybridized carbons (Fsp3) is 0.105. The molecule has 0 unspecified atom stereocenters. The summed E-state index contributed by atoms with van der Waals surface area (Å²) in [5.41, 5.74) is 3.92. The van der Waals surface area contributed by atoms with Crippen LogP contribution in [0.2, 0.25) is 0 Å². The van der Waals surface area contributed by atoms with Crippen molar-refractivity contribution < 1.29 is 4.79 Å². The summed E-state index contributed by atoms with van der Waals surface area (Å²) in [5.74, 6) is -0.134. The van der Waals surface area contributed by atoms with Crippen LogP contribution in [0.3, 0.4) is 0 Å². The van der Waals surface area contributed by atoms with Gasteiger partial charge in [0.2, 0.25) is 5.91 Å². The average Bonchev–Trinajstić information content (AvgIpc) is 3.06. The lowest BCUT2D eigenvalue weighted by atomic mass is 10.1. The van der Waals surface area contributed by atoms with Crippen LogP contribution in [0.25, 0.3) is 17.2 Å². The molecule has 0 saturated carbocycles. The molecule has 2 aromatic heterocycles. The first-order valence-corrected chi connectivity index (χ1v) is 7.64. The van der Waals surface area contributed by atoms with Crippen LogP contribution in [-0.4, -0.2) is 20.7 Å². The number of pyridine rings is 1. The molecule has 1 aromatic carbocycles. The number of hydrogen-bond acceptors (Lipinski definition) is 3. The number of amides is 1. The molecule has 0 radical (unpaired) electrons. The van der Waals surface area contributed by atoms with E-state index in [1.54, 1.807) is 29.3 Å². The Morgan fingerprint density at radius 3 is 2.75 bits per heavy atom. The zero-order chi connectivity index (χ0) is 16.8. The van der Waals surface area contributed by atoms with Gasteiger partial charge in [-0.3, -0.25) is 14.5 Å². The number of nitrogens with one attached hydrogen (secondary N) is 1. The van der Waals surface area contributed by atoms with E-state index in [-0.39, 0.29) is 5.91 Å². The van der Waals surface area contributed by atoms with Crippen molar-refractivity contribution in [1.82, 2.24) is 20.1 Å². The molecule has 0 atom stereocenters. The molecule has 0 aliphatic carbocycles. The largest absolute Gasteiger partial charge is 0.348 e. The highest BCUT2D eigenvalue weighted by molar-refractivity contribution is 5.91. The molecule has 24 heavy (non-hydrogen) atoms. The number of nitrogens with zero attached hydrogens (tertiary/aromatic N) is 3. The standard InChI is InChI=1S/C19H18N4O/c1-23-14-18(13-22-23)17-9-16(10-20-12-17)11-21-19(24)8-7-15-5-3-2-4-6-15/h2-10,12-14H,11H2,1H3,(H,21,24). The van der Waals surface area contributed by atoms with Gasteiger partial charge in [0.1, 0.15) is 0 Å². The van der Waals surface area contributed by atoms with Crippen molar-refractivity contribution in [2.24, 2.45) is 7.05 Å². The number of benzene rings is 1. The third kappa shape index (κ3) is 4.16. The second-order valence-corrected chi connectivity index (χ2v) is 5.45. The van der Waals surface area contributed by atoms with Gasteiger partial charge in [-0.15, -0.1) is 0 Å². The molecule has 1 N–H and O–H groups in total. The van der Waals surface area contributed by atoms with Crippen molar-refractivity contribution in [1.29, 1.82) is 0 Å². The minimum Gasteiger partial charge on any atom is -0.348 e. The van der Waals surface area contributed by atoms with E-state index in [1.165, 1.54) is 6.08 Å². The minimum atomic E-state index is -0.134. The van der Waals surface area contributed by atoms with E-state index in [9.17, 15) is 4.79 Å². The van der Waals surface area contributed by atoms with Crippen molar-refractivity contribution in [2.45, 2.75) is 6.54 Å². The topological polar surface area (TPSA) is 59.8 Å². The fourth-order valence-corrected chi connectivity index (χ4v) is 2.30. The highest BCUT2D eigenvalue weighted by Gasteiger charge is 2.03. The van der Waals surface area contributed by atoms with Crippen LogP contribution in [0.15, 0.2) is 67.3 Å². The Morgan fingerprint density at radius 2 is 2.00 bits per heavy atom. The quantitative estimate of drug-likeness (QED) is 0.736. The van der Waals surface area contributed by atoms with Crippen molar-refractivity contribution in [3.63, 3.8) is 0 Å². The molecule has 0 fully saturated rings. The highest BCUT2D eigenvalue weighted by atomic mass is 16.1. The summed E-state index contributed by atoms with van der Waals surface area (Å²) in [6.45, 7) is 0.430. The normalized spacial score (nSPS) is 10.9. The number of hydrogen-bond donors (Lipinski definition) is 1. The van der Waals surface area contributed by atoms with Crippen LogP contribution < -0.4 is 5.32 Å². The first kappa shape index (κ1) is 15.7. The molecule has 120 valence electrons. The molecule has 0 saturated heterocycles. The van der Waals surface area contributed by atoms with Gasteiger partial charge < -0.3 is 5.32 Å². The lowest BCUT2D eigenvalue weighted by Gasteiger charge is -2.04. The lowest BCUT2D eigenvalue weighted by molar-refractivity contribution is -0.116. The van der Waals surface area contributed by atoms with Gasteiger partial charge in [-0.1, -0.05) is 30.3 Å². The zero-order valence-corrected chi connectivity index (χ0v) is 13.4. The van der Waals surface area contributed by atoms with Gasteiger partial charge >= 0.3 is 0 Å². The maximum Gasteiger partial charge on any atom is 0.244 e. The molecule has 5 heteroatoms. The predicted molar refractivity (Wildman–Crippen MR) is 93.8 cm³/mol. The average molecular weight is 318 g/mol. The molecule has 3 rings (SSSR count). The van der Waals surface area contributed by atoms with Crippen molar-refractivity contribution >= 4 is 12.0 Å². The first-order valence-electron chi connectivity index (χ1n) is 7.64. The molecular weight excluding hydrogens is 300 g/mol. The molecule has 1 amide bonds. The Balaban J connectivity index is 1.60. The van der Waals surface area contributed by atoms with Crippen LogP contribution in [0.1, 0.15) is 11.1 Å². The van der Waals surface area contributed by atoms with Gasteiger partial charge in [0, 0.05) is 49.4 Å². The Labute approximate surface area is 140 Å². The summed E-state index contributed by atoms with van der Waals surface area (Å²) in [6, 6.07) is 11.7. The molecule has 5 nitrogen and oxygen atoms in total. The second kappa shape index (κ2) is 7.37. The Hall–Kier alpha value is -3.21. The number of carbonyl (C=O) groups excluding carboxylic acids is 1. The van der Waals surface area contributed by atoms with Crippen molar-refractivity contribution in [3.05, 3.63) is 78.4 Å². The summed E-state index contributed by atoms with van der Waals surface area (Å²) < 4.78 is 1.75. The van der Waals surface area contributed by atoms with Gasteiger partial charge in [-0.25, -0.2) is 0 Å². The van der Waals surface area contributed by atoms with E-state index in [0.717, 1.165) is 22.3 Å². The summed E-state index contributed by atoms with van der Waals surface area (Å²) in [7, 11) is 1.88. The molecule has 0 aliphatic rings. The van der Waals surface area contributed by atoms with Crippen molar-refractivity contribution in [2.75, 3.05) is 0 Å². The van der Waals surface area contributed by atoms with E-state index >= 15 is 0 Å². The van der Waals surface area contributed by atoms with Crippen LogP contribution in [-0.2, 0) is 18.4 Å².